The average molecular weight is 294 g/mol. The van der Waals surface area contributed by atoms with Gasteiger partial charge in [0.2, 0.25) is 5.91 Å². The monoisotopic (exact) mass is 294 g/mol. The van der Waals surface area contributed by atoms with Gasteiger partial charge in [-0.3, -0.25) is 4.79 Å². The molecule has 118 valence electrons. The van der Waals surface area contributed by atoms with Gasteiger partial charge in [-0.05, 0) is 37.3 Å². The summed E-state index contributed by atoms with van der Waals surface area (Å²) in [6, 6.07) is 6.69. The van der Waals surface area contributed by atoms with Crippen LogP contribution in [-0.4, -0.2) is 18.0 Å². The fourth-order valence-corrected chi connectivity index (χ4v) is 2.04. The minimum atomic E-state index is -0.399. The zero-order valence-electron chi connectivity index (χ0n) is 13.4. The normalized spacial score (nSPS) is 15.6. The topological polar surface area (TPSA) is 55.1 Å². The molecule has 1 rings (SSSR count). The van der Waals surface area contributed by atoms with Crippen LogP contribution in [0.15, 0.2) is 24.3 Å². The lowest BCUT2D eigenvalue weighted by Gasteiger charge is -2.34. The smallest absolute Gasteiger partial charge is 0.223 e. The van der Waals surface area contributed by atoms with Crippen molar-refractivity contribution in [3.63, 3.8) is 0 Å². The summed E-state index contributed by atoms with van der Waals surface area (Å²) in [7, 11) is 0. The summed E-state index contributed by atoms with van der Waals surface area (Å²) in [5.41, 5.74) is 6.03. The van der Waals surface area contributed by atoms with E-state index in [4.69, 9.17) is 5.73 Å². The van der Waals surface area contributed by atoms with Gasteiger partial charge in [-0.1, -0.05) is 39.0 Å². The van der Waals surface area contributed by atoms with Crippen molar-refractivity contribution < 1.29 is 9.18 Å². The molecule has 2 unspecified atom stereocenters. The molecule has 3 N–H and O–H groups in total. The van der Waals surface area contributed by atoms with Gasteiger partial charge >= 0.3 is 0 Å². The molecule has 0 radical (unpaired) electrons. The fraction of sp³-hybridized carbons (Fsp3) is 0.588. The van der Waals surface area contributed by atoms with Gasteiger partial charge in [0, 0.05) is 12.5 Å². The van der Waals surface area contributed by atoms with Gasteiger partial charge in [-0.2, -0.15) is 0 Å². The molecule has 4 heteroatoms. The lowest BCUT2D eigenvalue weighted by molar-refractivity contribution is -0.126. The summed E-state index contributed by atoms with van der Waals surface area (Å²) in [6.45, 7) is 8.30. The van der Waals surface area contributed by atoms with Crippen molar-refractivity contribution in [2.45, 2.75) is 46.1 Å². The van der Waals surface area contributed by atoms with E-state index in [2.05, 4.69) is 5.32 Å². The maximum Gasteiger partial charge on any atom is 0.223 e. The Balaban J connectivity index is 2.57. The predicted octanol–water partition coefficient (Wildman–Crippen LogP) is 2.88. The second-order valence-electron chi connectivity index (χ2n) is 6.30. The molecule has 0 fully saturated rings. The second kappa shape index (κ2) is 7.55. The maximum atomic E-state index is 13.6. The molecule has 0 aliphatic heterocycles. The first-order chi connectivity index (χ1) is 9.80. The number of hydrogen-bond acceptors (Lipinski definition) is 2. The Hall–Kier alpha value is -1.42. The van der Waals surface area contributed by atoms with Crippen LogP contribution in [0.25, 0.3) is 0 Å². The number of carbonyl (C=O) groups excluding carboxylic acids is 1. The number of aryl methyl sites for hydroxylation is 1. The van der Waals surface area contributed by atoms with E-state index < -0.39 is 5.54 Å². The highest BCUT2D eigenvalue weighted by atomic mass is 19.1. The molecule has 1 amide bonds. The van der Waals surface area contributed by atoms with Crippen LogP contribution < -0.4 is 11.1 Å². The maximum absolute atomic E-state index is 13.6. The van der Waals surface area contributed by atoms with Gasteiger partial charge in [0.15, 0.2) is 0 Å². The third kappa shape index (κ3) is 4.81. The molecule has 1 aromatic rings. The number of halogens is 1. The van der Waals surface area contributed by atoms with Crippen molar-refractivity contribution >= 4 is 5.91 Å². The first-order valence-electron chi connectivity index (χ1n) is 7.55. The lowest BCUT2D eigenvalue weighted by atomic mass is 9.87. The molecule has 0 bridgehead atoms. The molecule has 0 aliphatic carbocycles. The van der Waals surface area contributed by atoms with E-state index in [1.165, 1.54) is 6.07 Å². The molecule has 0 aromatic heterocycles. The Morgan fingerprint density at radius 1 is 1.33 bits per heavy atom. The van der Waals surface area contributed by atoms with E-state index in [0.717, 1.165) is 0 Å². The van der Waals surface area contributed by atoms with Crippen LogP contribution >= 0.6 is 0 Å². The van der Waals surface area contributed by atoms with E-state index in [1.807, 2.05) is 33.8 Å². The van der Waals surface area contributed by atoms with Crippen molar-refractivity contribution in [3.05, 3.63) is 35.6 Å². The molecule has 0 saturated heterocycles. The van der Waals surface area contributed by atoms with Crippen LogP contribution in [0, 0.1) is 17.7 Å². The van der Waals surface area contributed by atoms with E-state index in [1.54, 1.807) is 12.1 Å². The van der Waals surface area contributed by atoms with Crippen molar-refractivity contribution in [2.24, 2.45) is 17.6 Å². The van der Waals surface area contributed by atoms with Crippen molar-refractivity contribution in [1.82, 2.24) is 5.32 Å². The SMILES string of the molecule is CC(CCc1ccccc1F)C(=O)NC(C)(CN)C(C)C. The van der Waals surface area contributed by atoms with E-state index in [9.17, 15) is 9.18 Å². The average Bonchev–Trinajstić information content (AvgIpc) is 2.45. The highest BCUT2D eigenvalue weighted by Crippen LogP contribution is 2.18. The van der Waals surface area contributed by atoms with E-state index in [-0.39, 0.29) is 23.6 Å². The molecular formula is C17H27FN2O. The number of nitrogens with one attached hydrogen (secondary N) is 1. The highest BCUT2D eigenvalue weighted by molar-refractivity contribution is 5.79. The minimum Gasteiger partial charge on any atom is -0.349 e. The standard InChI is InChI=1S/C17H27FN2O/c1-12(2)17(4,11-19)20-16(21)13(3)9-10-14-7-5-6-8-15(14)18/h5-8,12-13H,9-11,19H2,1-4H3,(H,20,21). The Labute approximate surface area is 127 Å². The third-order valence-corrected chi connectivity index (χ3v) is 4.36. The van der Waals surface area contributed by atoms with Crippen LogP contribution in [-0.2, 0) is 11.2 Å². The second-order valence-corrected chi connectivity index (χ2v) is 6.30. The molecule has 0 aliphatic rings. The first-order valence-corrected chi connectivity index (χ1v) is 7.55. The van der Waals surface area contributed by atoms with Gasteiger partial charge in [0.05, 0.1) is 5.54 Å². The molecule has 3 nitrogen and oxygen atoms in total. The number of rotatable bonds is 7. The van der Waals surface area contributed by atoms with E-state index >= 15 is 0 Å². The summed E-state index contributed by atoms with van der Waals surface area (Å²) in [5, 5.41) is 3.04. The molecular weight excluding hydrogens is 267 g/mol. The van der Waals surface area contributed by atoms with Crippen LogP contribution in [0.4, 0.5) is 4.39 Å². The number of nitrogens with two attached hydrogens (primary N) is 1. The Morgan fingerprint density at radius 3 is 2.48 bits per heavy atom. The first kappa shape index (κ1) is 17.6. The van der Waals surface area contributed by atoms with Crippen LogP contribution in [0.2, 0.25) is 0 Å². The molecule has 1 aromatic carbocycles. The Morgan fingerprint density at radius 2 is 1.95 bits per heavy atom. The molecule has 21 heavy (non-hydrogen) atoms. The zero-order valence-corrected chi connectivity index (χ0v) is 13.4. The molecule has 2 atom stereocenters. The Bertz CT molecular complexity index is 476. The van der Waals surface area contributed by atoms with Crippen molar-refractivity contribution in [3.8, 4) is 0 Å². The fourth-order valence-electron chi connectivity index (χ4n) is 2.04. The van der Waals surface area contributed by atoms with E-state index in [0.29, 0.717) is 24.9 Å². The Kier molecular flexibility index (Phi) is 6.34. The van der Waals surface area contributed by atoms with Gasteiger partial charge in [0.25, 0.3) is 0 Å². The number of benzene rings is 1. The summed E-state index contributed by atoms with van der Waals surface area (Å²) < 4.78 is 13.6. The van der Waals surface area contributed by atoms with Crippen LogP contribution in [0.3, 0.4) is 0 Å². The number of carbonyl (C=O) groups is 1. The van der Waals surface area contributed by atoms with Crippen molar-refractivity contribution in [1.29, 1.82) is 0 Å². The van der Waals surface area contributed by atoms with Crippen LogP contribution in [0.5, 0.6) is 0 Å². The van der Waals surface area contributed by atoms with Crippen molar-refractivity contribution in [2.75, 3.05) is 6.54 Å². The summed E-state index contributed by atoms with van der Waals surface area (Å²) >= 11 is 0. The molecule has 0 saturated carbocycles. The third-order valence-electron chi connectivity index (χ3n) is 4.36. The zero-order chi connectivity index (χ0) is 16.0. The summed E-state index contributed by atoms with van der Waals surface area (Å²) in [4.78, 5) is 12.3. The lowest BCUT2D eigenvalue weighted by Crippen LogP contribution is -2.56. The van der Waals surface area contributed by atoms with Crippen LogP contribution in [0.1, 0.15) is 39.7 Å². The number of hydrogen-bond donors (Lipinski definition) is 2. The number of amides is 1. The molecule has 0 spiro atoms. The van der Waals surface area contributed by atoms with Gasteiger partial charge in [0.1, 0.15) is 5.82 Å². The largest absolute Gasteiger partial charge is 0.349 e. The van der Waals surface area contributed by atoms with Gasteiger partial charge < -0.3 is 11.1 Å². The summed E-state index contributed by atoms with van der Waals surface area (Å²) in [5.74, 6) is -0.147. The summed E-state index contributed by atoms with van der Waals surface area (Å²) in [6.07, 6.45) is 1.17. The van der Waals surface area contributed by atoms with Gasteiger partial charge in [-0.15, -0.1) is 0 Å². The quantitative estimate of drug-likeness (QED) is 0.812. The highest BCUT2D eigenvalue weighted by Gasteiger charge is 2.30. The molecule has 0 heterocycles. The minimum absolute atomic E-state index is 0.0204. The van der Waals surface area contributed by atoms with Gasteiger partial charge in [-0.25, -0.2) is 4.39 Å². The predicted molar refractivity (Wildman–Crippen MR) is 84.3 cm³/mol.